The van der Waals surface area contributed by atoms with Gasteiger partial charge in [-0.25, -0.2) is 0 Å². The molecule has 2 heterocycles. The van der Waals surface area contributed by atoms with Crippen LogP contribution in [-0.4, -0.2) is 33.0 Å². The zero-order valence-electron chi connectivity index (χ0n) is 12.8. The van der Waals surface area contributed by atoms with E-state index in [1.807, 2.05) is 12.1 Å². The molecule has 0 amide bonds. The summed E-state index contributed by atoms with van der Waals surface area (Å²) >= 11 is 5.80. The standard InChI is InChI=1S/C15H13ClF3N5O/c16-11-3-1-10(2-4-11)9-25-8-7-20-12-5-6-13-21-22-14(15(17,18)19)24(13)23-12/h1-6H,7-9H2,(H,20,23). The SMILES string of the molecule is FC(F)(F)c1nnc2ccc(NCCOCc3ccc(Cl)cc3)nn12. The van der Waals surface area contributed by atoms with E-state index in [1.165, 1.54) is 12.1 Å². The van der Waals surface area contributed by atoms with Crippen LogP contribution in [0.3, 0.4) is 0 Å². The highest BCUT2D eigenvalue weighted by atomic mass is 35.5. The van der Waals surface area contributed by atoms with Gasteiger partial charge in [-0.1, -0.05) is 23.7 Å². The molecule has 0 aliphatic carbocycles. The summed E-state index contributed by atoms with van der Waals surface area (Å²) in [6, 6.07) is 10.2. The minimum Gasteiger partial charge on any atom is -0.375 e. The van der Waals surface area contributed by atoms with Crippen molar-refractivity contribution < 1.29 is 17.9 Å². The average molecular weight is 372 g/mol. The second kappa shape index (κ2) is 7.24. The summed E-state index contributed by atoms with van der Waals surface area (Å²) in [7, 11) is 0. The Bertz CT molecular complexity index is 850. The Hall–Kier alpha value is -2.39. The van der Waals surface area contributed by atoms with Crippen molar-refractivity contribution in [2.24, 2.45) is 0 Å². The first kappa shape index (κ1) is 17.4. The summed E-state index contributed by atoms with van der Waals surface area (Å²) in [6.45, 7) is 1.15. The quantitative estimate of drug-likeness (QED) is 0.673. The fourth-order valence-electron chi connectivity index (χ4n) is 2.08. The number of fused-ring (bicyclic) bond motifs is 1. The second-order valence-corrected chi connectivity index (χ2v) is 5.55. The molecule has 0 saturated heterocycles. The van der Waals surface area contributed by atoms with Gasteiger partial charge in [0.25, 0.3) is 5.82 Å². The van der Waals surface area contributed by atoms with Crippen molar-refractivity contribution in [1.29, 1.82) is 0 Å². The molecule has 0 bridgehead atoms. The molecule has 6 nitrogen and oxygen atoms in total. The topological polar surface area (TPSA) is 64.3 Å². The highest BCUT2D eigenvalue weighted by Crippen LogP contribution is 2.27. The minimum atomic E-state index is -4.62. The van der Waals surface area contributed by atoms with E-state index in [0.717, 1.165) is 5.56 Å². The first-order valence-corrected chi connectivity index (χ1v) is 7.67. The van der Waals surface area contributed by atoms with Gasteiger partial charge >= 0.3 is 6.18 Å². The van der Waals surface area contributed by atoms with Crippen LogP contribution in [0.2, 0.25) is 5.02 Å². The molecule has 1 aromatic carbocycles. The number of halogens is 4. The summed E-state index contributed by atoms with van der Waals surface area (Å²) in [6.07, 6.45) is -4.62. The van der Waals surface area contributed by atoms with Crippen LogP contribution in [0.15, 0.2) is 36.4 Å². The van der Waals surface area contributed by atoms with E-state index in [2.05, 4.69) is 20.6 Å². The van der Waals surface area contributed by atoms with Crippen LogP contribution in [0.5, 0.6) is 0 Å². The van der Waals surface area contributed by atoms with Gasteiger partial charge < -0.3 is 10.1 Å². The lowest BCUT2D eigenvalue weighted by atomic mass is 10.2. The van der Waals surface area contributed by atoms with Crippen LogP contribution in [0, 0.1) is 0 Å². The third-order valence-corrected chi connectivity index (χ3v) is 3.50. The molecule has 25 heavy (non-hydrogen) atoms. The lowest BCUT2D eigenvalue weighted by Crippen LogP contribution is -2.15. The molecule has 2 aromatic heterocycles. The molecule has 0 atom stereocenters. The van der Waals surface area contributed by atoms with Gasteiger partial charge in [-0.15, -0.1) is 15.3 Å². The van der Waals surface area contributed by atoms with E-state index >= 15 is 0 Å². The number of aromatic nitrogens is 4. The summed E-state index contributed by atoms with van der Waals surface area (Å²) in [5.74, 6) is -0.891. The first-order chi connectivity index (χ1) is 11.9. The third kappa shape index (κ3) is 4.37. The molecule has 0 spiro atoms. The molecule has 0 aliphatic rings. The van der Waals surface area contributed by atoms with E-state index in [9.17, 15) is 13.2 Å². The normalized spacial score (nSPS) is 11.8. The van der Waals surface area contributed by atoms with Gasteiger partial charge in [-0.3, -0.25) is 0 Å². The predicted octanol–water partition coefficient (Wildman–Crippen LogP) is 3.43. The molecule has 3 aromatic rings. The van der Waals surface area contributed by atoms with Crippen LogP contribution in [0.4, 0.5) is 19.0 Å². The zero-order valence-corrected chi connectivity index (χ0v) is 13.6. The Morgan fingerprint density at radius 1 is 1.08 bits per heavy atom. The van der Waals surface area contributed by atoms with Gasteiger partial charge in [0.1, 0.15) is 5.82 Å². The molecule has 3 rings (SSSR count). The van der Waals surface area contributed by atoms with E-state index in [-0.39, 0.29) is 11.5 Å². The fraction of sp³-hybridized carbons (Fsp3) is 0.267. The van der Waals surface area contributed by atoms with Gasteiger partial charge in [0.15, 0.2) is 5.65 Å². The fourth-order valence-corrected chi connectivity index (χ4v) is 2.21. The lowest BCUT2D eigenvalue weighted by molar-refractivity contribution is -0.146. The van der Waals surface area contributed by atoms with E-state index < -0.39 is 12.0 Å². The van der Waals surface area contributed by atoms with E-state index in [0.29, 0.717) is 29.3 Å². The van der Waals surface area contributed by atoms with Crippen LogP contribution < -0.4 is 5.32 Å². The van der Waals surface area contributed by atoms with Crippen molar-refractivity contribution in [3.8, 4) is 0 Å². The number of rotatable bonds is 6. The maximum Gasteiger partial charge on any atom is 0.453 e. The molecular formula is C15H13ClF3N5O. The largest absolute Gasteiger partial charge is 0.453 e. The summed E-state index contributed by atoms with van der Waals surface area (Å²) in [5, 5.41) is 14.0. The Balaban J connectivity index is 1.53. The molecule has 0 radical (unpaired) electrons. The van der Waals surface area contributed by atoms with Crippen molar-refractivity contribution in [2.75, 3.05) is 18.5 Å². The number of benzene rings is 1. The molecule has 0 unspecified atom stereocenters. The van der Waals surface area contributed by atoms with E-state index in [4.69, 9.17) is 16.3 Å². The smallest absolute Gasteiger partial charge is 0.375 e. The molecule has 0 aliphatic heterocycles. The molecule has 0 fully saturated rings. The first-order valence-electron chi connectivity index (χ1n) is 7.29. The lowest BCUT2D eigenvalue weighted by Gasteiger charge is -2.08. The van der Waals surface area contributed by atoms with Gasteiger partial charge in [0, 0.05) is 11.6 Å². The van der Waals surface area contributed by atoms with Gasteiger partial charge in [0.2, 0.25) is 0 Å². The van der Waals surface area contributed by atoms with Crippen LogP contribution in [0.25, 0.3) is 5.65 Å². The number of hydrogen-bond acceptors (Lipinski definition) is 5. The van der Waals surface area contributed by atoms with Gasteiger partial charge in [-0.2, -0.15) is 17.7 Å². The maximum absolute atomic E-state index is 12.8. The number of nitrogens with one attached hydrogen (secondary N) is 1. The Morgan fingerprint density at radius 2 is 1.84 bits per heavy atom. The average Bonchev–Trinajstić information content (AvgIpc) is 2.99. The maximum atomic E-state index is 12.8. The van der Waals surface area contributed by atoms with Crippen LogP contribution >= 0.6 is 11.6 Å². The molecule has 132 valence electrons. The number of hydrogen-bond donors (Lipinski definition) is 1. The Kier molecular flexibility index (Phi) is 5.05. The van der Waals surface area contributed by atoms with Crippen LogP contribution in [0.1, 0.15) is 11.4 Å². The zero-order chi connectivity index (χ0) is 17.9. The van der Waals surface area contributed by atoms with Crippen molar-refractivity contribution >= 4 is 23.1 Å². The number of alkyl halides is 3. The van der Waals surface area contributed by atoms with Crippen LogP contribution in [-0.2, 0) is 17.5 Å². The molecule has 10 heteroatoms. The number of anilines is 1. The molecular weight excluding hydrogens is 359 g/mol. The van der Waals surface area contributed by atoms with E-state index in [1.54, 1.807) is 12.1 Å². The monoisotopic (exact) mass is 371 g/mol. The molecule has 0 saturated carbocycles. The highest BCUT2D eigenvalue weighted by Gasteiger charge is 2.37. The Morgan fingerprint density at radius 3 is 2.56 bits per heavy atom. The Labute approximate surface area is 145 Å². The van der Waals surface area contributed by atoms with Gasteiger partial charge in [0.05, 0.1) is 13.2 Å². The van der Waals surface area contributed by atoms with Crippen molar-refractivity contribution in [1.82, 2.24) is 19.8 Å². The minimum absolute atomic E-state index is 0.0249. The van der Waals surface area contributed by atoms with Crippen molar-refractivity contribution in [3.05, 3.63) is 52.8 Å². The number of nitrogens with zero attached hydrogens (tertiary/aromatic N) is 4. The van der Waals surface area contributed by atoms with Crippen molar-refractivity contribution in [3.63, 3.8) is 0 Å². The van der Waals surface area contributed by atoms with Gasteiger partial charge in [-0.05, 0) is 29.8 Å². The summed E-state index contributed by atoms with van der Waals surface area (Å²) in [4.78, 5) is 0. The third-order valence-electron chi connectivity index (χ3n) is 3.25. The number of ether oxygens (including phenoxy) is 1. The summed E-state index contributed by atoms with van der Waals surface area (Å²) in [5.41, 5.74) is 1.00. The predicted molar refractivity (Wildman–Crippen MR) is 85.4 cm³/mol. The molecule has 1 N–H and O–H groups in total. The summed E-state index contributed by atoms with van der Waals surface area (Å²) < 4.78 is 44.6. The highest BCUT2D eigenvalue weighted by molar-refractivity contribution is 6.30. The van der Waals surface area contributed by atoms with Crippen molar-refractivity contribution in [2.45, 2.75) is 12.8 Å². The second-order valence-electron chi connectivity index (χ2n) is 5.12.